The number of hydrogen-bond acceptors (Lipinski definition) is 4. The van der Waals surface area contributed by atoms with Gasteiger partial charge in [0.15, 0.2) is 11.5 Å². The maximum atomic E-state index is 12.6. The van der Waals surface area contributed by atoms with E-state index >= 15 is 0 Å². The summed E-state index contributed by atoms with van der Waals surface area (Å²) in [5.74, 6) is 1.34. The van der Waals surface area contributed by atoms with Gasteiger partial charge in [-0.1, -0.05) is 24.3 Å². The molecule has 1 amide bonds. The molecule has 1 N–H and O–H groups in total. The van der Waals surface area contributed by atoms with Crippen LogP contribution in [0.2, 0.25) is 0 Å². The number of amides is 1. The molecule has 1 aromatic heterocycles. The Morgan fingerprint density at radius 1 is 1.12 bits per heavy atom. The number of rotatable bonds is 3. The maximum Gasteiger partial charge on any atom is 0.252 e. The van der Waals surface area contributed by atoms with Gasteiger partial charge in [-0.25, -0.2) is 0 Å². The van der Waals surface area contributed by atoms with Gasteiger partial charge >= 0.3 is 0 Å². The van der Waals surface area contributed by atoms with Crippen LogP contribution in [-0.2, 0) is 6.54 Å². The number of aryl methyl sites for hydroxylation is 1. The predicted molar refractivity (Wildman–Crippen MR) is 90.2 cm³/mol. The van der Waals surface area contributed by atoms with E-state index in [1.165, 1.54) is 0 Å². The van der Waals surface area contributed by atoms with Crippen LogP contribution in [-0.4, -0.2) is 17.7 Å². The zero-order chi connectivity index (χ0) is 16.5. The number of ether oxygens (including phenoxy) is 2. The molecular formula is C19H16N2O3. The fraction of sp³-hybridized carbons (Fsp3) is 0.158. The summed E-state index contributed by atoms with van der Waals surface area (Å²) in [6, 6.07) is 15.1. The standard InChI is InChI=1S/C19H16N2O3/c1-12-8-15(14-4-2-3-5-16(14)21-12)19(22)20-10-13-6-7-17-18(9-13)24-11-23-17/h2-9H,10-11H2,1H3,(H,20,22). The summed E-state index contributed by atoms with van der Waals surface area (Å²) in [5.41, 5.74) is 3.24. The second kappa shape index (κ2) is 5.85. The van der Waals surface area contributed by atoms with Crippen LogP contribution in [0.1, 0.15) is 21.6 Å². The third-order valence-electron chi connectivity index (χ3n) is 3.98. The lowest BCUT2D eigenvalue weighted by molar-refractivity contribution is 0.0952. The lowest BCUT2D eigenvalue weighted by Crippen LogP contribution is -2.23. The highest BCUT2D eigenvalue weighted by Crippen LogP contribution is 2.32. The van der Waals surface area contributed by atoms with E-state index in [0.717, 1.165) is 27.9 Å². The molecule has 0 saturated heterocycles. The van der Waals surface area contributed by atoms with Crippen molar-refractivity contribution < 1.29 is 14.3 Å². The molecule has 0 saturated carbocycles. The number of benzene rings is 2. The van der Waals surface area contributed by atoms with Crippen LogP contribution in [0.5, 0.6) is 11.5 Å². The first-order chi connectivity index (χ1) is 11.7. The van der Waals surface area contributed by atoms with E-state index in [2.05, 4.69) is 10.3 Å². The Morgan fingerprint density at radius 2 is 1.96 bits per heavy atom. The van der Waals surface area contributed by atoms with Crippen LogP contribution in [0.25, 0.3) is 10.9 Å². The van der Waals surface area contributed by atoms with Gasteiger partial charge in [-0.15, -0.1) is 0 Å². The van der Waals surface area contributed by atoms with Crippen molar-refractivity contribution in [3.8, 4) is 11.5 Å². The van der Waals surface area contributed by atoms with Gasteiger partial charge in [0.25, 0.3) is 5.91 Å². The minimum Gasteiger partial charge on any atom is -0.454 e. The number of aromatic nitrogens is 1. The van der Waals surface area contributed by atoms with Crippen molar-refractivity contribution in [1.82, 2.24) is 10.3 Å². The first-order valence-corrected chi connectivity index (χ1v) is 7.74. The second-order valence-corrected chi connectivity index (χ2v) is 5.70. The molecule has 0 radical (unpaired) electrons. The van der Waals surface area contributed by atoms with Crippen LogP contribution >= 0.6 is 0 Å². The van der Waals surface area contributed by atoms with Gasteiger partial charge < -0.3 is 14.8 Å². The van der Waals surface area contributed by atoms with Crippen molar-refractivity contribution in [3.63, 3.8) is 0 Å². The van der Waals surface area contributed by atoms with Crippen molar-refractivity contribution in [2.24, 2.45) is 0 Å². The van der Waals surface area contributed by atoms with Crippen molar-refractivity contribution in [1.29, 1.82) is 0 Å². The van der Waals surface area contributed by atoms with Gasteiger partial charge in [0, 0.05) is 17.6 Å². The first kappa shape index (κ1) is 14.5. The number of carbonyl (C=O) groups excluding carboxylic acids is 1. The van der Waals surface area contributed by atoms with Crippen LogP contribution in [0.4, 0.5) is 0 Å². The van der Waals surface area contributed by atoms with Crippen molar-refractivity contribution in [2.75, 3.05) is 6.79 Å². The van der Waals surface area contributed by atoms with Gasteiger partial charge in [0.2, 0.25) is 6.79 Å². The molecule has 5 nitrogen and oxygen atoms in total. The van der Waals surface area contributed by atoms with Crippen LogP contribution in [0.15, 0.2) is 48.5 Å². The van der Waals surface area contributed by atoms with E-state index in [9.17, 15) is 4.79 Å². The average Bonchev–Trinajstić information content (AvgIpc) is 3.06. The quantitative estimate of drug-likeness (QED) is 0.805. The largest absolute Gasteiger partial charge is 0.454 e. The summed E-state index contributed by atoms with van der Waals surface area (Å²) in [6.07, 6.45) is 0. The van der Waals surface area contributed by atoms with Crippen LogP contribution < -0.4 is 14.8 Å². The number of carbonyl (C=O) groups is 1. The molecule has 120 valence electrons. The fourth-order valence-electron chi connectivity index (χ4n) is 2.82. The monoisotopic (exact) mass is 320 g/mol. The van der Waals surface area contributed by atoms with E-state index in [-0.39, 0.29) is 12.7 Å². The number of pyridine rings is 1. The number of nitrogens with one attached hydrogen (secondary N) is 1. The highest BCUT2D eigenvalue weighted by Gasteiger charge is 2.15. The van der Waals surface area contributed by atoms with Gasteiger partial charge in [-0.2, -0.15) is 0 Å². The third kappa shape index (κ3) is 2.65. The molecule has 1 aliphatic heterocycles. The smallest absolute Gasteiger partial charge is 0.252 e. The van der Waals surface area contributed by atoms with Gasteiger partial charge in [-0.3, -0.25) is 9.78 Å². The predicted octanol–water partition coefficient (Wildman–Crippen LogP) is 3.20. The lowest BCUT2D eigenvalue weighted by Gasteiger charge is -2.09. The third-order valence-corrected chi connectivity index (χ3v) is 3.98. The summed E-state index contributed by atoms with van der Waals surface area (Å²) in [6.45, 7) is 2.56. The number of hydrogen-bond donors (Lipinski definition) is 1. The van der Waals surface area contributed by atoms with Crippen molar-refractivity contribution in [2.45, 2.75) is 13.5 Å². The minimum atomic E-state index is -0.116. The van der Waals surface area contributed by atoms with E-state index in [1.807, 2.05) is 55.5 Å². The Hall–Kier alpha value is -3.08. The molecule has 0 aliphatic carbocycles. The van der Waals surface area contributed by atoms with Crippen molar-refractivity contribution >= 4 is 16.8 Å². The molecule has 3 aromatic rings. The van der Waals surface area contributed by atoms with Gasteiger partial charge in [0.05, 0.1) is 11.1 Å². The Bertz CT molecular complexity index is 937. The lowest BCUT2D eigenvalue weighted by atomic mass is 10.1. The summed E-state index contributed by atoms with van der Waals surface area (Å²) in [5, 5.41) is 3.82. The van der Waals surface area contributed by atoms with E-state index < -0.39 is 0 Å². The molecule has 4 rings (SSSR count). The molecule has 0 atom stereocenters. The van der Waals surface area contributed by atoms with Crippen LogP contribution in [0.3, 0.4) is 0 Å². The first-order valence-electron chi connectivity index (χ1n) is 7.74. The number of para-hydroxylation sites is 1. The summed E-state index contributed by atoms with van der Waals surface area (Å²) < 4.78 is 10.7. The molecule has 0 bridgehead atoms. The summed E-state index contributed by atoms with van der Waals surface area (Å²) in [4.78, 5) is 17.1. The van der Waals surface area contributed by atoms with Crippen molar-refractivity contribution in [3.05, 3.63) is 65.4 Å². The zero-order valence-electron chi connectivity index (χ0n) is 13.2. The molecule has 5 heteroatoms. The van der Waals surface area contributed by atoms with E-state index in [0.29, 0.717) is 17.9 Å². The minimum absolute atomic E-state index is 0.116. The Labute approximate surface area is 139 Å². The molecule has 1 aliphatic rings. The van der Waals surface area contributed by atoms with Gasteiger partial charge in [-0.05, 0) is 36.8 Å². The van der Waals surface area contributed by atoms with Gasteiger partial charge in [0.1, 0.15) is 0 Å². The molecule has 0 fully saturated rings. The Kier molecular flexibility index (Phi) is 3.54. The molecule has 0 spiro atoms. The molecule has 2 aromatic carbocycles. The zero-order valence-corrected chi connectivity index (χ0v) is 13.2. The van der Waals surface area contributed by atoms with Crippen LogP contribution in [0, 0.1) is 6.92 Å². The maximum absolute atomic E-state index is 12.6. The summed E-state index contributed by atoms with van der Waals surface area (Å²) >= 11 is 0. The average molecular weight is 320 g/mol. The molecule has 24 heavy (non-hydrogen) atoms. The van der Waals surface area contributed by atoms with E-state index in [1.54, 1.807) is 0 Å². The number of nitrogens with zero attached hydrogens (tertiary/aromatic N) is 1. The number of fused-ring (bicyclic) bond motifs is 2. The Balaban J connectivity index is 1.56. The fourth-order valence-corrected chi connectivity index (χ4v) is 2.82. The summed E-state index contributed by atoms with van der Waals surface area (Å²) in [7, 11) is 0. The topological polar surface area (TPSA) is 60.5 Å². The Morgan fingerprint density at radius 3 is 2.88 bits per heavy atom. The molecule has 0 unspecified atom stereocenters. The second-order valence-electron chi connectivity index (χ2n) is 5.70. The highest BCUT2D eigenvalue weighted by molar-refractivity contribution is 6.06. The molecular weight excluding hydrogens is 304 g/mol. The molecule has 2 heterocycles. The van der Waals surface area contributed by atoms with E-state index in [4.69, 9.17) is 9.47 Å². The SMILES string of the molecule is Cc1cc(C(=O)NCc2ccc3c(c2)OCO3)c2ccccc2n1. The normalized spacial score (nSPS) is 12.4. The highest BCUT2D eigenvalue weighted by atomic mass is 16.7.